The Bertz CT molecular complexity index is 1620. The number of imidazole rings is 1. The molecule has 0 spiro atoms. The molecule has 0 radical (unpaired) electrons. The molecule has 2 heterocycles. The molecule has 10 heteroatoms. The van der Waals surface area contributed by atoms with Gasteiger partial charge in [0.15, 0.2) is 21.5 Å². The van der Waals surface area contributed by atoms with E-state index in [2.05, 4.69) is 20.4 Å². The largest absolute Gasteiger partial charge is 0.497 e. The number of anilines is 1. The van der Waals surface area contributed by atoms with Gasteiger partial charge < -0.3 is 15.0 Å². The molecule has 2 aromatic heterocycles. The summed E-state index contributed by atoms with van der Waals surface area (Å²) < 4.78 is 30.4. The molecule has 5 aromatic rings. The van der Waals surface area contributed by atoms with Crippen LogP contribution in [0, 0.1) is 0 Å². The Morgan fingerprint density at radius 3 is 2.42 bits per heavy atom. The van der Waals surface area contributed by atoms with Gasteiger partial charge in [0.2, 0.25) is 0 Å². The highest BCUT2D eigenvalue weighted by atomic mass is 32.2. The maximum atomic E-state index is 12.9. The van der Waals surface area contributed by atoms with Crippen molar-refractivity contribution in [1.29, 1.82) is 0 Å². The number of hydrogen-bond acceptors (Lipinski definition) is 6. The average Bonchev–Trinajstić information content (AvgIpc) is 3.47. The molecule has 0 saturated heterocycles. The summed E-state index contributed by atoms with van der Waals surface area (Å²) in [5.41, 5.74) is 3.72. The molecule has 0 unspecified atom stereocenters. The molecule has 0 aliphatic rings. The zero-order valence-corrected chi connectivity index (χ0v) is 20.4. The first kappa shape index (κ1) is 23.3. The zero-order valence-electron chi connectivity index (χ0n) is 19.6. The van der Waals surface area contributed by atoms with Crippen LogP contribution in [-0.4, -0.2) is 47.4 Å². The maximum absolute atomic E-state index is 12.9. The van der Waals surface area contributed by atoms with Gasteiger partial charge in [-0.2, -0.15) is 5.10 Å². The van der Waals surface area contributed by atoms with E-state index in [9.17, 15) is 13.2 Å². The number of sulfone groups is 1. The van der Waals surface area contributed by atoms with Crippen molar-refractivity contribution >= 4 is 32.6 Å². The van der Waals surface area contributed by atoms with E-state index < -0.39 is 15.7 Å². The van der Waals surface area contributed by atoms with Crippen molar-refractivity contribution in [2.45, 2.75) is 11.4 Å². The molecule has 0 saturated carbocycles. The summed E-state index contributed by atoms with van der Waals surface area (Å²) in [7, 11) is -1.73. The van der Waals surface area contributed by atoms with Crippen molar-refractivity contribution in [3.8, 4) is 17.3 Å². The minimum atomic E-state index is -3.35. The molecule has 9 nitrogen and oxygen atoms in total. The van der Waals surface area contributed by atoms with Crippen LogP contribution in [0.3, 0.4) is 0 Å². The number of carbonyl (C=O) groups is 1. The van der Waals surface area contributed by atoms with Crippen LogP contribution >= 0.6 is 0 Å². The van der Waals surface area contributed by atoms with Gasteiger partial charge in [-0.15, -0.1) is 0 Å². The lowest BCUT2D eigenvalue weighted by atomic mass is 10.2. The number of rotatable bonds is 7. The summed E-state index contributed by atoms with van der Waals surface area (Å²) in [6.45, 7) is 0.440. The van der Waals surface area contributed by atoms with Gasteiger partial charge in [-0.3, -0.25) is 9.48 Å². The van der Waals surface area contributed by atoms with E-state index in [1.54, 1.807) is 17.9 Å². The van der Waals surface area contributed by atoms with Gasteiger partial charge in [-0.25, -0.2) is 13.4 Å². The molecule has 2 N–H and O–H groups in total. The van der Waals surface area contributed by atoms with Gasteiger partial charge in [0.1, 0.15) is 11.4 Å². The summed E-state index contributed by atoms with van der Waals surface area (Å²) in [6.07, 6.45) is 1.12. The summed E-state index contributed by atoms with van der Waals surface area (Å²) in [5.74, 6) is 1.32. The van der Waals surface area contributed by atoms with Crippen molar-refractivity contribution < 1.29 is 17.9 Å². The Morgan fingerprint density at radius 2 is 1.75 bits per heavy atom. The van der Waals surface area contributed by atoms with E-state index in [4.69, 9.17) is 4.74 Å². The SMILES string of the molecule is COc1ccc(Cn2nc(NC(=O)c3ccc(S(C)(=O)=O)cc3)cc2-c2nc3ccccc3[nH]2)cc1. The molecule has 1 amide bonds. The number of nitrogens with one attached hydrogen (secondary N) is 2. The number of fused-ring (bicyclic) bond motifs is 1. The first-order valence-electron chi connectivity index (χ1n) is 11.1. The fourth-order valence-electron chi connectivity index (χ4n) is 3.81. The number of aromatic amines is 1. The van der Waals surface area contributed by atoms with Gasteiger partial charge in [-0.05, 0) is 54.1 Å². The number of H-pyrrole nitrogens is 1. The second kappa shape index (κ2) is 9.31. The highest BCUT2D eigenvalue weighted by molar-refractivity contribution is 7.90. The number of carbonyl (C=O) groups excluding carboxylic acids is 1. The Kier molecular flexibility index (Phi) is 6.03. The molecule has 36 heavy (non-hydrogen) atoms. The number of methoxy groups -OCH3 is 1. The Labute approximate surface area is 207 Å². The number of benzene rings is 3. The molecule has 3 aromatic carbocycles. The van der Waals surface area contributed by atoms with Crippen LogP contribution in [0.4, 0.5) is 5.82 Å². The molecule has 0 aliphatic heterocycles. The highest BCUT2D eigenvalue weighted by Gasteiger charge is 2.17. The molecule has 0 bridgehead atoms. The molecule has 0 atom stereocenters. The van der Waals surface area contributed by atoms with Crippen LogP contribution in [0.2, 0.25) is 0 Å². The third-order valence-corrected chi connectivity index (χ3v) is 6.82. The van der Waals surface area contributed by atoms with Crippen molar-refractivity contribution in [1.82, 2.24) is 19.7 Å². The summed E-state index contributed by atoms with van der Waals surface area (Å²) in [5, 5.41) is 7.42. The van der Waals surface area contributed by atoms with Gasteiger partial charge in [0, 0.05) is 17.9 Å². The van der Waals surface area contributed by atoms with Gasteiger partial charge >= 0.3 is 0 Å². The summed E-state index contributed by atoms with van der Waals surface area (Å²) >= 11 is 0. The standard InChI is InChI=1S/C26H23N5O4S/c1-35-19-11-7-17(8-12-19)16-31-23(25-27-21-5-3-4-6-22(21)28-25)15-24(30-31)29-26(32)18-9-13-20(14-10-18)36(2,33)34/h3-15H,16H2,1-2H3,(H,27,28)(H,29,30,32). The molecular formula is C26H23N5O4S. The average molecular weight is 502 g/mol. The number of aromatic nitrogens is 4. The van der Waals surface area contributed by atoms with Crippen LogP contribution in [0.15, 0.2) is 83.8 Å². The Morgan fingerprint density at radius 1 is 1.03 bits per heavy atom. The quantitative estimate of drug-likeness (QED) is 0.346. The van der Waals surface area contributed by atoms with Crippen LogP contribution in [0.5, 0.6) is 5.75 Å². The minimum absolute atomic E-state index is 0.148. The second-order valence-corrected chi connectivity index (χ2v) is 10.3. The van der Waals surface area contributed by atoms with E-state index in [-0.39, 0.29) is 4.90 Å². The fourth-order valence-corrected chi connectivity index (χ4v) is 4.44. The van der Waals surface area contributed by atoms with E-state index in [0.29, 0.717) is 29.4 Å². The minimum Gasteiger partial charge on any atom is -0.497 e. The second-order valence-electron chi connectivity index (χ2n) is 8.27. The predicted molar refractivity (Wildman–Crippen MR) is 137 cm³/mol. The Hall–Kier alpha value is -4.44. The summed E-state index contributed by atoms with van der Waals surface area (Å²) in [4.78, 5) is 21.0. The van der Waals surface area contributed by atoms with E-state index in [1.807, 2.05) is 48.5 Å². The third kappa shape index (κ3) is 4.84. The van der Waals surface area contributed by atoms with Crippen LogP contribution < -0.4 is 10.1 Å². The van der Waals surface area contributed by atoms with Crippen LogP contribution in [-0.2, 0) is 16.4 Å². The maximum Gasteiger partial charge on any atom is 0.256 e. The van der Waals surface area contributed by atoms with E-state index in [0.717, 1.165) is 28.6 Å². The van der Waals surface area contributed by atoms with Gasteiger partial charge in [-0.1, -0.05) is 24.3 Å². The van der Waals surface area contributed by atoms with Crippen molar-refractivity contribution in [3.63, 3.8) is 0 Å². The fraction of sp³-hybridized carbons (Fsp3) is 0.115. The smallest absolute Gasteiger partial charge is 0.256 e. The van der Waals surface area contributed by atoms with Gasteiger partial charge in [0.25, 0.3) is 5.91 Å². The van der Waals surface area contributed by atoms with Crippen molar-refractivity contribution in [2.75, 3.05) is 18.7 Å². The number of hydrogen-bond donors (Lipinski definition) is 2. The summed E-state index contributed by atoms with van der Waals surface area (Å²) in [6, 6.07) is 22.9. The highest BCUT2D eigenvalue weighted by Crippen LogP contribution is 2.25. The Balaban J connectivity index is 1.47. The molecule has 0 fully saturated rings. The molecule has 182 valence electrons. The number of ether oxygens (including phenoxy) is 1. The van der Waals surface area contributed by atoms with Crippen LogP contribution in [0.25, 0.3) is 22.6 Å². The number of amides is 1. The third-order valence-electron chi connectivity index (χ3n) is 5.69. The van der Waals surface area contributed by atoms with E-state index >= 15 is 0 Å². The number of nitrogens with zero attached hydrogens (tertiary/aromatic N) is 3. The first-order chi connectivity index (χ1) is 17.3. The van der Waals surface area contributed by atoms with Gasteiger partial charge in [0.05, 0.1) is 29.6 Å². The lowest BCUT2D eigenvalue weighted by molar-refractivity contribution is 0.102. The zero-order chi connectivity index (χ0) is 25.3. The lowest BCUT2D eigenvalue weighted by Gasteiger charge is -2.07. The van der Waals surface area contributed by atoms with Crippen molar-refractivity contribution in [3.05, 3.63) is 90.0 Å². The first-order valence-corrected chi connectivity index (χ1v) is 13.0. The lowest BCUT2D eigenvalue weighted by Crippen LogP contribution is -2.13. The normalized spacial score (nSPS) is 11.5. The molecular weight excluding hydrogens is 478 g/mol. The predicted octanol–water partition coefficient (Wildman–Crippen LogP) is 4.14. The molecule has 5 rings (SSSR count). The van der Waals surface area contributed by atoms with Crippen molar-refractivity contribution in [2.24, 2.45) is 0 Å². The molecule has 0 aliphatic carbocycles. The monoisotopic (exact) mass is 501 g/mol. The van der Waals surface area contributed by atoms with Crippen LogP contribution in [0.1, 0.15) is 15.9 Å². The number of para-hydroxylation sites is 2. The topological polar surface area (TPSA) is 119 Å². The van der Waals surface area contributed by atoms with E-state index in [1.165, 1.54) is 24.3 Å².